The average Bonchev–Trinajstić information content (AvgIpc) is 2.97. The summed E-state index contributed by atoms with van der Waals surface area (Å²) in [6, 6.07) is 2.47. The predicted molar refractivity (Wildman–Crippen MR) is 69.4 cm³/mol. The van der Waals surface area contributed by atoms with Gasteiger partial charge in [-0.25, -0.2) is 0 Å². The van der Waals surface area contributed by atoms with E-state index in [0.717, 1.165) is 38.8 Å². The van der Waals surface area contributed by atoms with Crippen molar-refractivity contribution in [2.24, 2.45) is 0 Å². The van der Waals surface area contributed by atoms with Crippen molar-refractivity contribution in [1.29, 1.82) is 0 Å². The molecule has 2 heterocycles. The van der Waals surface area contributed by atoms with Gasteiger partial charge in [0.25, 0.3) is 0 Å². The first-order valence-corrected chi connectivity index (χ1v) is 7.30. The molecule has 1 aromatic heterocycles. The number of amides is 1. The van der Waals surface area contributed by atoms with Gasteiger partial charge in [-0.05, 0) is 49.2 Å². The zero-order chi connectivity index (χ0) is 11.7. The number of hydrogen-bond acceptors (Lipinski definition) is 3. The van der Waals surface area contributed by atoms with Crippen molar-refractivity contribution in [2.75, 3.05) is 13.1 Å². The summed E-state index contributed by atoms with van der Waals surface area (Å²) in [6.07, 6.45) is 4.38. The zero-order valence-corrected chi connectivity index (χ0v) is 10.7. The Bertz CT molecular complexity index is 409. The van der Waals surface area contributed by atoms with Crippen molar-refractivity contribution in [1.82, 2.24) is 10.6 Å². The fourth-order valence-corrected chi connectivity index (χ4v) is 3.83. The monoisotopic (exact) mass is 250 g/mol. The van der Waals surface area contributed by atoms with E-state index in [0.29, 0.717) is 6.04 Å². The summed E-state index contributed by atoms with van der Waals surface area (Å²) in [7, 11) is 0. The third-order valence-corrected chi connectivity index (χ3v) is 4.77. The Morgan fingerprint density at radius 1 is 1.47 bits per heavy atom. The number of carbonyl (C=O) groups is 1. The second-order valence-corrected chi connectivity index (χ2v) is 5.94. The molecular weight excluding hydrogens is 232 g/mol. The van der Waals surface area contributed by atoms with Crippen LogP contribution in [0.1, 0.15) is 35.6 Å². The maximum absolute atomic E-state index is 12.3. The van der Waals surface area contributed by atoms with E-state index in [2.05, 4.69) is 22.1 Å². The number of thiophene rings is 1. The molecule has 3 nitrogen and oxygen atoms in total. The van der Waals surface area contributed by atoms with Crippen molar-refractivity contribution >= 4 is 17.2 Å². The summed E-state index contributed by atoms with van der Waals surface area (Å²) in [5, 5.41) is 8.58. The minimum absolute atomic E-state index is 0.102. The molecule has 0 aromatic carbocycles. The minimum Gasteiger partial charge on any atom is -0.352 e. The van der Waals surface area contributed by atoms with Gasteiger partial charge >= 0.3 is 0 Å². The lowest BCUT2D eigenvalue weighted by Gasteiger charge is -2.23. The highest BCUT2D eigenvalue weighted by atomic mass is 32.1. The molecule has 2 N–H and O–H groups in total. The Balaban J connectivity index is 1.70. The summed E-state index contributed by atoms with van der Waals surface area (Å²) in [6.45, 7) is 1.95. The van der Waals surface area contributed by atoms with Crippen LogP contribution in [0.25, 0.3) is 0 Å². The number of rotatable bonds is 2. The van der Waals surface area contributed by atoms with Crippen LogP contribution in [0.4, 0.5) is 0 Å². The molecule has 92 valence electrons. The van der Waals surface area contributed by atoms with Gasteiger partial charge in [-0.3, -0.25) is 4.79 Å². The van der Waals surface area contributed by atoms with E-state index in [4.69, 9.17) is 0 Å². The van der Waals surface area contributed by atoms with Gasteiger partial charge in [0, 0.05) is 17.5 Å². The van der Waals surface area contributed by atoms with Gasteiger partial charge < -0.3 is 10.6 Å². The fourth-order valence-electron chi connectivity index (χ4n) is 2.84. The summed E-state index contributed by atoms with van der Waals surface area (Å²) >= 11 is 1.80. The van der Waals surface area contributed by atoms with E-state index in [9.17, 15) is 4.79 Å². The predicted octanol–water partition coefficient (Wildman–Crippen LogP) is 1.65. The molecule has 3 rings (SSSR count). The summed E-state index contributed by atoms with van der Waals surface area (Å²) in [4.78, 5) is 13.7. The molecule has 0 bridgehead atoms. The van der Waals surface area contributed by atoms with E-state index in [1.54, 1.807) is 11.3 Å². The van der Waals surface area contributed by atoms with Crippen molar-refractivity contribution in [2.45, 2.75) is 37.6 Å². The Kier molecular flexibility index (Phi) is 3.16. The Morgan fingerprint density at radius 2 is 2.41 bits per heavy atom. The third-order valence-electron chi connectivity index (χ3n) is 3.78. The van der Waals surface area contributed by atoms with Gasteiger partial charge in [0.1, 0.15) is 0 Å². The molecule has 1 saturated heterocycles. The van der Waals surface area contributed by atoms with E-state index in [1.165, 1.54) is 10.4 Å². The topological polar surface area (TPSA) is 41.1 Å². The first-order chi connectivity index (χ1) is 8.34. The molecule has 1 aliphatic carbocycles. The van der Waals surface area contributed by atoms with Gasteiger partial charge in [0.15, 0.2) is 0 Å². The SMILES string of the molecule is O=C(N[C@@H]1CCNC1)C1CCCc2sccc21. The lowest BCUT2D eigenvalue weighted by molar-refractivity contribution is -0.123. The smallest absolute Gasteiger partial charge is 0.227 e. The molecule has 1 aliphatic heterocycles. The van der Waals surface area contributed by atoms with Crippen LogP contribution in [0.2, 0.25) is 0 Å². The minimum atomic E-state index is 0.102. The van der Waals surface area contributed by atoms with Gasteiger partial charge in [-0.1, -0.05) is 0 Å². The summed E-state index contributed by atoms with van der Waals surface area (Å²) in [5.41, 5.74) is 1.28. The normalized spacial score (nSPS) is 27.8. The number of nitrogens with one attached hydrogen (secondary N) is 2. The molecule has 4 heteroatoms. The number of carbonyl (C=O) groups excluding carboxylic acids is 1. The summed E-state index contributed by atoms with van der Waals surface area (Å²) in [5.74, 6) is 0.337. The van der Waals surface area contributed by atoms with Crippen LogP contribution >= 0.6 is 11.3 Å². The van der Waals surface area contributed by atoms with Crippen LogP contribution in [-0.4, -0.2) is 25.0 Å². The summed E-state index contributed by atoms with van der Waals surface area (Å²) < 4.78 is 0. The molecule has 2 aliphatic rings. The van der Waals surface area contributed by atoms with Gasteiger partial charge in [-0.15, -0.1) is 11.3 Å². The standard InChI is InChI=1S/C13H18N2OS/c16-13(15-9-4-6-14-8-9)11-2-1-3-12-10(11)5-7-17-12/h5,7,9,11,14H,1-4,6,8H2,(H,15,16)/t9-,11?/m1/s1. The highest BCUT2D eigenvalue weighted by molar-refractivity contribution is 7.10. The maximum atomic E-state index is 12.3. The largest absolute Gasteiger partial charge is 0.352 e. The van der Waals surface area contributed by atoms with E-state index >= 15 is 0 Å². The molecule has 1 aromatic rings. The molecule has 2 atom stereocenters. The maximum Gasteiger partial charge on any atom is 0.227 e. The Morgan fingerprint density at radius 3 is 3.24 bits per heavy atom. The van der Waals surface area contributed by atoms with Gasteiger partial charge in [0.05, 0.1) is 5.92 Å². The second kappa shape index (κ2) is 4.78. The van der Waals surface area contributed by atoms with Gasteiger partial charge in [-0.2, -0.15) is 0 Å². The van der Waals surface area contributed by atoms with Crippen LogP contribution in [0, 0.1) is 0 Å². The lowest BCUT2D eigenvalue weighted by atomic mass is 9.87. The van der Waals surface area contributed by atoms with Gasteiger partial charge in [0.2, 0.25) is 5.91 Å². The van der Waals surface area contributed by atoms with Crippen LogP contribution in [0.3, 0.4) is 0 Å². The third kappa shape index (κ3) is 2.24. The van der Waals surface area contributed by atoms with E-state index < -0.39 is 0 Å². The molecule has 1 fully saturated rings. The quantitative estimate of drug-likeness (QED) is 0.838. The van der Waals surface area contributed by atoms with Crippen LogP contribution in [-0.2, 0) is 11.2 Å². The molecule has 1 unspecified atom stereocenters. The Labute approximate surface area is 106 Å². The number of hydrogen-bond donors (Lipinski definition) is 2. The zero-order valence-electron chi connectivity index (χ0n) is 9.87. The molecule has 0 saturated carbocycles. The number of aryl methyl sites for hydroxylation is 1. The molecule has 0 spiro atoms. The van der Waals surface area contributed by atoms with Crippen LogP contribution in [0.5, 0.6) is 0 Å². The molecule has 1 amide bonds. The first-order valence-electron chi connectivity index (χ1n) is 6.42. The van der Waals surface area contributed by atoms with E-state index in [-0.39, 0.29) is 11.8 Å². The average molecular weight is 250 g/mol. The molecule has 17 heavy (non-hydrogen) atoms. The molecule has 0 radical (unpaired) electrons. The molecular formula is C13H18N2OS. The van der Waals surface area contributed by atoms with Crippen molar-refractivity contribution < 1.29 is 4.79 Å². The number of fused-ring (bicyclic) bond motifs is 1. The second-order valence-electron chi connectivity index (χ2n) is 4.94. The van der Waals surface area contributed by atoms with Crippen LogP contribution in [0.15, 0.2) is 11.4 Å². The fraction of sp³-hybridized carbons (Fsp3) is 0.615. The van der Waals surface area contributed by atoms with Crippen molar-refractivity contribution in [3.63, 3.8) is 0 Å². The van der Waals surface area contributed by atoms with Crippen LogP contribution < -0.4 is 10.6 Å². The Hall–Kier alpha value is -0.870. The first kappa shape index (κ1) is 11.2. The van der Waals surface area contributed by atoms with Crippen molar-refractivity contribution in [3.05, 3.63) is 21.9 Å². The highest BCUT2D eigenvalue weighted by Gasteiger charge is 2.29. The lowest BCUT2D eigenvalue weighted by Crippen LogP contribution is -2.39. The highest BCUT2D eigenvalue weighted by Crippen LogP contribution is 2.35. The van der Waals surface area contributed by atoms with Crippen molar-refractivity contribution in [3.8, 4) is 0 Å². The van der Waals surface area contributed by atoms with E-state index in [1.807, 2.05) is 0 Å².